The van der Waals surface area contributed by atoms with Gasteiger partial charge in [0, 0.05) is 12.4 Å². The van der Waals surface area contributed by atoms with Crippen LogP contribution in [0.15, 0.2) is 65.7 Å². The van der Waals surface area contributed by atoms with Gasteiger partial charge in [0.25, 0.3) is 5.91 Å². The van der Waals surface area contributed by atoms with E-state index in [4.69, 9.17) is 4.42 Å². The van der Waals surface area contributed by atoms with Crippen LogP contribution < -0.4 is 5.32 Å². The Morgan fingerprint density at radius 3 is 2.51 bits per heavy atom. The highest BCUT2D eigenvalue weighted by atomic mass is 19.4. The summed E-state index contributed by atoms with van der Waals surface area (Å²) in [6, 6.07) is 5.37. The summed E-state index contributed by atoms with van der Waals surface area (Å²) in [4.78, 5) is 20.6. The van der Waals surface area contributed by atoms with Crippen LogP contribution in [0.25, 0.3) is 11.6 Å². The Morgan fingerprint density at radius 2 is 1.86 bits per heavy atom. The predicted molar refractivity (Wildman–Crippen MR) is 110 cm³/mol. The van der Waals surface area contributed by atoms with Crippen molar-refractivity contribution < 1.29 is 35.6 Å². The minimum atomic E-state index is -5.02. The second-order valence-corrected chi connectivity index (χ2v) is 7.39. The monoisotopic (exact) mass is 495 g/mol. The number of carbonyl (C=O) groups is 1. The van der Waals surface area contributed by atoms with E-state index in [-0.39, 0.29) is 23.3 Å². The Balaban J connectivity index is 1.54. The fourth-order valence-electron chi connectivity index (χ4n) is 3.28. The molecule has 182 valence electrons. The SMILES string of the molecule is CC(c1ccc(C(F)(F)F)cc1C(F)(F)F)n1cc(NC(=O)c2coc(-c3ccccn3)n2)cn1. The molecular weight excluding hydrogens is 480 g/mol. The topological polar surface area (TPSA) is 85.8 Å². The van der Waals surface area contributed by atoms with E-state index < -0.39 is 41.0 Å². The summed E-state index contributed by atoms with van der Waals surface area (Å²) < 4.78 is 85.7. The highest BCUT2D eigenvalue weighted by Gasteiger charge is 2.39. The highest BCUT2D eigenvalue weighted by molar-refractivity contribution is 6.02. The Kier molecular flexibility index (Phi) is 6.09. The van der Waals surface area contributed by atoms with E-state index in [9.17, 15) is 31.1 Å². The van der Waals surface area contributed by atoms with Crippen LogP contribution in [0.3, 0.4) is 0 Å². The Labute approximate surface area is 193 Å². The van der Waals surface area contributed by atoms with Gasteiger partial charge in [-0.2, -0.15) is 31.4 Å². The molecule has 3 heterocycles. The number of anilines is 1. The van der Waals surface area contributed by atoms with Crippen LogP contribution in [0.5, 0.6) is 0 Å². The molecule has 1 unspecified atom stereocenters. The average Bonchev–Trinajstić information content (AvgIpc) is 3.48. The summed E-state index contributed by atoms with van der Waals surface area (Å²) >= 11 is 0. The number of benzene rings is 1. The van der Waals surface area contributed by atoms with E-state index >= 15 is 0 Å². The van der Waals surface area contributed by atoms with Gasteiger partial charge in [-0.05, 0) is 36.8 Å². The molecule has 0 radical (unpaired) electrons. The van der Waals surface area contributed by atoms with Crippen molar-refractivity contribution in [3.63, 3.8) is 0 Å². The van der Waals surface area contributed by atoms with Crippen LogP contribution in [-0.2, 0) is 12.4 Å². The average molecular weight is 495 g/mol. The van der Waals surface area contributed by atoms with Crippen LogP contribution in [0.1, 0.15) is 40.1 Å². The number of carbonyl (C=O) groups excluding carboxylic acids is 1. The lowest BCUT2D eigenvalue weighted by Gasteiger charge is -2.20. The second kappa shape index (κ2) is 8.89. The molecule has 1 atom stereocenters. The number of aromatic nitrogens is 4. The maximum absolute atomic E-state index is 13.5. The number of rotatable bonds is 5. The maximum atomic E-state index is 13.5. The van der Waals surface area contributed by atoms with Gasteiger partial charge < -0.3 is 9.73 Å². The van der Waals surface area contributed by atoms with Crippen LogP contribution in [-0.4, -0.2) is 25.7 Å². The number of nitrogens with zero attached hydrogens (tertiary/aromatic N) is 4. The lowest BCUT2D eigenvalue weighted by molar-refractivity contribution is -0.143. The summed E-state index contributed by atoms with van der Waals surface area (Å²) in [6.07, 6.45) is -4.87. The van der Waals surface area contributed by atoms with Gasteiger partial charge in [-0.1, -0.05) is 12.1 Å². The minimum absolute atomic E-state index is 0.0712. The van der Waals surface area contributed by atoms with E-state index in [2.05, 4.69) is 20.4 Å². The zero-order chi connectivity index (χ0) is 25.4. The third-order valence-corrected chi connectivity index (χ3v) is 5.01. The molecular formula is C22H15F6N5O2. The van der Waals surface area contributed by atoms with Crippen molar-refractivity contribution in [2.75, 3.05) is 5.32 Å². The first-order valence-corrected chi connectivity index (χ1v) is 9.94. The van der Waals surface area contributed by atoms with Crippen molar-refractivity contribution in [2.24, 2.45) is 0 Å². The van der Waals surface area contributed by atoms with Gasteiger partial charge in [0.1, 0.15) is 12.0 Å². The van der Waals surface area contributed by atoms with E-state index in [1.54, 1.807) is 18.2 Å². The smallest absolute Gasteiger partial charge is 0.416 e. The molecule has 0 aliphatic rings. The molecule has 13 heteroatoms. The molecule has 0 aliphatic heterocycles. The quantitative estimate of drug-likeness (QED) is 0.352. The zero-order valence-electron chi connectivity index (χ0n) is 17.7. The zero-order valence-corrected chi connectivity index (χ0v) is 17.7. The second-order valence-electron chi connectivity index (χ2n) is 7.39. The van der Waals surface area contributed by atoms with Crippen molar-refractivity contribution in [1.29, 1.82) is 0 Å². The normalized spacial score (nSPS) is 13.0. The Hall–Kier alpha value is -4.16. The fraction of sp³-hybridized carbons (Fsp3) is 0.182. The summed E-state index contributed by atoms with van der Waals surface area (Å²) in [5.74, 6) is -0.560. The van der Waals surface area contributed by atoms with Gasteiger partial charge >= 0.3 is 12.4 Å². The molecule has 1 aromatic carbocycles. The fourth-order valence-corrected chi connectivity index (χ4v) is 3.28. The van der Waals surface area contributed by atoms with Gasteiger partial charge in [0.15, 0.2) is 5.69 Å². The summed E-state index contributed by atoms with van der Waals surface area (Å²) in [5, 5.41) is 6.43. The number of halogens is 6. The lowest BCUT2D eigenvalue weighted by atomic mass is 9.98. The first-order valence-electron chi connectivity index (χ1n) is 9.94. The molecule has 0 saturated carbocycles. The molecule has 1 N–H and O–H groups in total. The summed E-state index contributed by atoms with van der Waals surface area (Å²) in [6.45, 7) is 1.34. The van der Waals surface area contributed by atoms with Crippen LogP contribution >= 0.6 is 0 Å². The van der Waals surface area contributed by atoms with Crippen molar-refractivity contribution in [3.8, 4) is 11.6 Å². The third kappa shape index (κ3) is 5.18. The minimum Gasteiger partial charge on any atom is -0.442 e. The molecule has 0 aliphatic carbocycles. The third-order valence-electron chi connectivity index (χ3n) is 5.01. The van der Waals surface area contributed by atoms with E-state index in [0.29, 0.717) is 11.8 Å². The standard InChI is InChI=1S/C22H15F6N5O2/c1-12(15-6-5-13(21(23,24)25)8-16(15)22(26,27)28)33-10-14(9-30-33)31-19(34)18-11-35-20(32-18)17-4-2-3-7-29-17/h2-12H,1H3,(H,31,34). The van der Waals surface area contributed by atoms with Gasteiger partial charge in [-0.15, -0.1) is 0 Å². The molecule has 0 fully saturated rings. The van der Waals surface area contributed by atoms with Crippen molar-refractivity contribution >= 4 is 11.6 Å². The van der Waals surface area contributed by atoms with Crippen LogP contribution in [0, 0.1) is 0 Å². The number of hydrogen-bond acceptors (Lipinski definition) is 5. The summed E-state index contributed by atoms with van der Waals surface area (Å²) in [7, 11) is 0. The van der Waals surface area contributed by atoms with E-state index in [1.165, 1.54) is 25.5 Å². The first kappa shape index (κ1) is 24.0. The van der Waals surface area contributed by atoms with Gasteiger partial charge in [-0.25, -0.2) is 4.98 Å². The molecule has 1 amide bonds. The highest BCUT2D eigenvalue weighted by Crippen LogP contribution is 2.39. The molecule has 4 aromatic rings. The van der Waals surface area contributed by atoms with Crippen molar-refractivity contribution in [3.05, 3.63) is 83.6 Å². The van der Waals surface area contributed by atoms with Crippen LogP contribution in [0.4, 0.5) is 32.0 Å². The van der Waals surface area contributed by atoms with Gasteiger partial charge in [-0.3, -0.25) is 14.5 Å². The number of pyridine rings is 1. The molecule has 0 spiro atoms. The lowest BCUT2D eigenvalue weighted by Crippen LogP contribution is -2.17. The molecule has 7 nitrogen and oxygen atoms in total. The number of oxazole rings is 1. The summed E-state index contributed by atoms with van der Waals surface area (Å²) in [5.41, 5.74) is -2.79. The largest absolute Gasteiger partial charge is 0.442 e. The van der Waals surface area contributed by atoms with Gasteiger partial charge in [0.05, 0.1) is 29.1 Å². The number of alkyl halides is 6. The molecule has 35 heavy (non-hydrogen) atoms. The number of hydrogen-bond donors (Lipinski definition) is 1. The first-order chi connectivity index (χ1) is 16.4. The van der Waals surface area contributed by atoms with E-state index in [1.807, 2.05) is 0 Å². The Morgan fingerprint density at radius 1 is 1.09 bits per heavy atom. The molecule has 0 saturated heterocycles. The van der Waals surface area contributed by atoms with Crippen LogP contribution in [0.2, 0.25) is 0 Å². The number of amides is 1. The molecule has 0 bridgehead atoms. The van der Waals surface area contributed by atoms with Crippen molar-refractivity contribution in [1.82, 2.24) is 19.7 Å². The van der Waals surface area contributed by atoms with Gasteiger partial charge in [0.2, 0.25) is 5.89 Å². The Bertz CT molecular complexity index is 1340. The molecule has 4 rings (SSSR count). The number of nitrogens with one attached hydrogen (secondary N) is 1. The molecule has 3 aromatic heterocycles. The maximum Gasteiger partial charge on any atom is 0.416 e. The van der Waals surface area contributed by atoms with Crippen molar-refractivity contribution in [2.45, 2.75) is 25.3 Å². The van der Waals surface area contributed by atoms with E-state index in [0.717, 1.165) is 17.0 Å². The predicted octanol–water partition coefficient (Wildman–Crippen LogP) is 5.83.